The van der Waals surface area contributed by atoms with Gasteiger partial charge in [0.15, 0.2) is 5.69 Å². The van der Waals surface area contributed by atoms with Crippen LogP contribution in [0, 0.1) is 0 Å². The lowest BCUT2D eigenvalue weighted by atomic mass is 9.93. The molecule has 3 heterocycles. The molecule has 0 fully saturated rings. The molecule has 0 bridgehead atoms. The van der Waals surface area contributed by atoms with Gasteiger partial charge >= 0.3 is 5.97 Å². The first kappa shape index (κ1) is 35.6. The highest BCUT2D eigenvalue weighted by Gasteiger charge is 2.27. The average Bonchev–Trinajstić information content (AvgIpc) is 3.51. The van der Waals surface area contributed by atoms with Gasteiger partial charge in [-0.3, -0.25) is 9.59 Å². The van der Waals surface area contributed by atoms with Crippen LogP contribution in [0.15, 0.2) is 53.9 Å². The van der Waals surface area contributed by atoms with Crippen LogP contribution in [-0.4, -0.2) is 47.6 Å². The predicted molar refractivity (Wildman–Crippen MR) is 193 cm³/mol. The first-order valence-corrected chi connectivity index (χ1v) is 17.9. The number of hydrogen-bond acceptors (Lipinski definition) is 8. The summed E-state index contributed by atoms with van der Waals surface area (Å²) >= 11 is 1.56. The Kier molecular flexibility index (Phi) is 12.4. The topological polar surface area (TPSA) is 153 Å². The smallest absolute Gasteiger partial charge is 0.355 e. The second kappa shape index (κ2) is 17.1. The fourth-order valence-electron chi connectivity index (χ4n) is 5.79. The number of carbonyl (C=O) groups excluding carboxylic acids is 2. The number of aromatic nitrogens is 1. The summed E-state index contributed by atoms with van der Waals surface area (Å²) in [6.07, 6.45) is 8.13. The molecule has 49 heavy (non-hydrogen) atoms. The molecule has 1 aliphatic rings. The zero-order chi connectivity index (χ0) is 34.8. The van der Waals surface area contributed by atoms with Gasteiger partial charge in [-0.2, -0.15) is 0 Å². The Hall–Kier alpha value is -4.74. The second-order valence-electron chi connectivity index (χ2n) is 12.0. The zero-order valence-corrected chi connectivity index (χ0v) is 28.9. The number of aromatic carboxylic acids is 1. The molecule has 2 aromatic carbocycles. The van der Waals surface area contributed by atoms with Crippen molar-refractivity contribution in [2.75, 3.05) is 25.1 Å². The fourth-order valence-corrected chi connectivity index (χ4v) is 6.77. The number of thiophene rings is 1. The van der Waals surface area contributed by atoms with Crippen molar-refractivity contribution in [3.05, 3.63) is 82.0 Å². The van der Waals surface area contributed by atoms with Gasteiger partial charge in [0, 0.05) is 46.6 Å². The molecule has 0 unspecified atom stereocenters. The fraction of sp³-hybridized carbons (Fsp3) is 0.368. The molecule has 0 radical (unpaired) electrons. The Morgan fingerprint density at radius 3 is 2.53 bits per heavy atom. The Morgan fingerprint density at radius 1 is 0.939 bits per heavy atom. The van der Waals surface area contributed by atoms with Crippen LogP contribution in [0.2, 0.25) is 0 Å². The van der Waals surface area contributed by atoms with Crippen LogP contribution in [0.4, 0.5) is 5.69 Å². The lowest BCUT2D eigenvalue weighted by Gasteiger charge is -2.18. The normalized spacial score (nSPS) is 11.9. The standard InChI is InChI=1S/C38H44N4O6S/c1-3-5-6-7-8-9-17-47-33-20-24(23-39)10-12-30(33)42-36(43)28-21-29-32(48-18-14-25-15-19-49-35(25)29)22-27(28)26-11-13-31(37(44)40-16-4-2)41-34(26)38(45)46/h10-13,15,19-22H,3-9,14,16-18,23,39H2,1-2H3,(H,40,44)(H,42,43)(H,45,46). The van der Waals surface area contributed by atoms with Crippen LogP contribution in [-0.2, 0) is 13.0 Å². The van der Waals surface area contributed by atoms with E-state index in [2.05, 4.69) is 22.5 Å². The number of carboxylic acids is 1. The summed E-state index contributed by atoms with van der Waals surface area (Å²) in [4.78, 5) is 44.8. The maximum Gasteiger partial charge on any atom is 0.355 e. The molecule has 4 aromatic rings. The average molecular weight is 685 g/mol. The Morgan fingerprint density at radius 2 is 1.76 bits per heavy atom. The number of carbonyl (C=O) groups is 3. The van der Waals surface area contributed by atoms with Gasteiger partial charge in [-0.25, -0.2) is 9.78 Å². The van der Waals surface area contributed by atoms with Gasteiger partial charge in [0.05, 0.1) is 18.9 Å². The number of nitrogens with zero attached hydrogens (tertiary/aromatic N) is 1. The van der Waals surface area contributed by atoms with Crippen molar-refractivity contribution in [2.45, 2.75) is 71.8 Å². The van der Waals surface area contributed by atoms with E-state index >= 15 is 0 Å². The minimum Gasteiger partial charge on any atom is -0.493 e. The third-order valence-corrected chi connectivity index (χ3v) is 9.42. The number of carboxylic acid groups (broad SMARTS) is 1. The first-order valence-electron chi connectivity index (χ1n) is 17.0. The minimum absolute atomic E-state index is 0.0259. The lowest BCUT2D eigenvalue weighted by Crippen LogP contribution is -2.25. The molecule has 0 saturated carbocycles. The van der Waals surface area contributed by atoms with Gasteiger partial charge in [-0.15, -0.1) is 11.3 Å². The van der Waals surface area contributed by atoms with Crippen molar-refractivity contribution in [1.29, 1.82) is 0 Å². The molecule has 5 rings (SSSR count). The largest absolute Gasteiger partial charge is 0.493 e. The zero-order valence-electron chi connectivity index (χ0n) is 28.1. The number of anilines is 1. The summed E-state index contributed by atoms with van der Waals surface area (Å²) < 4.78 is 12.3. The Bertz CT molecular complexity index is 1800. The number of pyridine rings is 1. The summed E-state index contributed by atoms with van der Waals surface area (Å²) in [6, 6.07) is 13.9. The van der Waals surface area contributed by atoms with Crippen molar-refractivity contribution in [3.8, 4) is 33.1 Å². The highest BCUT2D eigenvalue weighted by molar-refractivity contribution is 7.13. The summed E-state index contributed by atoms with van der Waals surface area (Å²) in [6.45, 7) is 5.78. The highest BCUT2D eigenvalue weighted by atomic mass is 32.1. The van der Waals surface area contributed by atoms with E-state index in [1.807, 2.05) is 30.5 Å². The van der Waals surface area contributed by atoms with Crippen LogP contribution in [0.1, 0.15) is 101 Å². The van der Waals surface area contributed by atoms with Gasteiger partial charge in [0.25, 0.3) is 11.8 Å². The van der Waals surface area contributed by atoms with E-state index in [1.54, 1.807) is 29.5 Å². The molecular formula is C38H44N4O6S. The number of unbranched alkanes of at least 4 members (excludes halogenated alkanes) is 5. The third kappa shape index (κ3) is 8.65. The van der Waals surface area contributed by atoms with E-state index in [-0.39, 0.29) is 22.5 Å². The highest BCUT2D eigenvalue weighted by Crippen LogP contribution is 2.43. The summed E-state index contributed by atoms with van der Waals surface area (Å²) in [7, 11) is 0. The number of nitrogens with one attached hydrogen (secondary N) is 2. The maximum atomic E-state index is 14.3. The molecule has 5 N–H and O–H groups in total. The minimum atomic E-state index is -1.33. The first-order chi connectivity index (χ1) is 23.8. The third-order valence-electron chi connectivity index (χ3n) is 8.43. The van der Waals surface area contributed by atoms with E-state index < -0.39 is 17.8 Å². The SMILES string of the molecule is CCCCCCCCOc1cc(CN)ccc1NC(=O)c1cc2c(cc1-c1ccc(C(=O)NCCC)nc1C(=O)O)OCCc1ccsc1-2. The van der Waals surface area contributed by atoms with Crippen molar-refractivity contribution in [3.63, 3.8) is 0 Å². The quantitative estimate of drug-likeness (QED) is 0.0876. The Labute approximate surface area is 291 Å². The van der Waals surface area contributed by atoms with Crippen LogP contribution in [0.25, 0.3) is 21.6 Å². The van der Waals surface area contributed by atoms with Crippen molar-refractivity contribution in [2.24, 2.45) is 5.73 Å². The van der Waals surface area contributed by atoms with Gasteiger partial charge in [-0.1, -0.05) is 52.0 Å². The van der Waals surface area contributed by atoms with Crippen molar-refractivity contribution < 1.29 is 29.0 Å². The molecule has 11 heteroatoms. The van der Waals surface area contributed by atoms with E-state index in [1.165, 1.54) is 31.4 Å². The monoisotopic (exact) mass is 684 g/mol. The number of rotatable bonds is 16. The molecule has 1 aliphatic heterocycles. The summed E-state index contributed by atoms with van der Waals surface area (Å²) in [5, 5.41) is 18.0. The number of fused-ring (bicyclic) bond motifs is 3. The molecule has 0 saturated heterocycles. The van der Waals surface area contributed by atoms with Crippen LogP contribution in [0.5, 0.6) is 11.5 Å². The van der Waals surface area contributed by atoms with Gasteiger partial charge in [0.1, 0.15) is 17.2 Å². The molecule has 258 valence electrons. The number of amides is 2. The van der Waals surface area contributed by atoms with Gasteiger partial charge < -0.3 is 30.9 Å². The molecule has 0 spiro atoms. The van der Waals surface area contributed by atoms with Crippen molar-refractivity contribution >= 4 is 34.8 Å². The summed E-state index contributed by atoms with van der Waals surface area (Å²) in [5.41, 5.74) is 9.48. The molecule has 2 aromatic heterocycles. The van der Waals surface area contributed by atoms with E-state index in [9.17, 15) is 19.5 Å². The van der Waals surface area contributed by atoms with E-state index in [4.69, 9.17) is 15.2 Å². The lowest BCUT2D eigenvalue weighted by molar-refractivity contribution is 0.0691. The number of nitrogens with two attached hydrogens (primary N) is 1. The number of benzene rings is 2. The van der Waals surface area contributed by atoms with Crippen LogP contribution in [0.3, 0.4) is 0 Å². The number of hydrogen-bond donors (Lipinski definition) is 4. The predicted octanol–water partition coefficient (Wildman–Crippen LogP) is 7.70. The molecular weight excluding hydrogens is 641 g/mol. The van der Waals surface area contributed by atoms with Gasteiger partial charge in [0.2, 0.25) is 0 Å². The molecule has 2 amide bonds. The summed E-state index contributed by atoms with van der Waals surface area (Å²) in [5.74, 6) is -1.22. The molecule has 0 atom stereocenters. The van der Waals surface area contributed by atoms with E-state index in [0.717, 1.165) is 47.3 Å². The van der Waals surface area contributed by atoms with Gasteiger partial charge in [-0.05, 0) is 71.8 Å². The van der Waals surface area contributed by atoms with Crippen LogP contribution >= 0.6 is 11.3 Å². The number of ether oxygens (including phenoxy) is 2. The molecule has 10 nitrogen and oxygen atoms in total. The van der Waals surface area contributed by atoms with Crippen molar-refractivity contribution in [1.82, 2.24) is 10.3 Å². The van der Waals surface area contributed by atoms with Crippen LogP contribution < -0.4 is 25.8 Å². The molecule has 0 aliphatic carbocycles. The second-order valence-corrected chi connectivity index (χ2v) is 12.9. The maximum absolute atomic E-state index is 14.3. The Balaban J connectivity index is 1.54. The van der Waals surface area contributed by atoms with E-state index in [0.29, 0.717) is 55.5 Å².